The standard InChI is InChI=1S/C17H18N2O4/c1-19-13(10-11-6-3-2-4-7-11)17(22)23-14-9-5-8-12(15(14)18)16(20)21/h2-9,13,19H,10,18H2,1H3,(H,20,21). The Kier molecular flexibility index (Phi) is 5.32. The first-order valence-electron chi connectivity index (χ1n) is 7.07. The number of para-hydroxylation sites is 1. The third-order valence-corrected chi connectivity index (χ3v) is 3.42. The van der Waals surface area contributed by atoms with Crippen LogP contribution in [0.4, 0.5) is 5.69 Å². The minimum absolute atomic E-state index is 0.0446. The number of nitrogen functional groups attached to an aromatic ring is 1. The first-order valence-corrected chi connectivity index (χ1v) is 7.07. The molecule has 0 bridgehead atoms. The van der Waals surface area contributed by atoms with E-state index in [1.807, 2.05) is 30.3 Å². The van der Waals surface area contributed by atoms with Crippen molar-refractivity contribution in [3.8, 4) is 5.75 Å². The fraction of sp³-hybridized carbons (Fsp3) is 0.176. The zero-order valence-corrected chi connectivity index (χ0v) is 12.7. The monoisotopic (exact) mass is 314 g/mol. The molecule has 23 heavy (non-hydrogen) atoms. The van der Waals surface area contributed by atoms with E-state index in [9.17, 15) is 9.59 Å². The summed E-state index contributed by atoms with van der Waals surface area (Å²) < 4.78 is 5.27. The number of carboxylic acid groups (broad SMARTS) is 1. The number of nitrogens with two attached hydrogens (primary N) is 1. The Morgan fingerprint density at radius 2 is 1.87 bits per heavy atom. The fourth-order valence-corrected chi connectivity index (χ4v) is 2.15. The first-order chi connectivity index (χ1) is 11.0. The maximum atomic E-state index is 12.3. The van der Waals surface area contributed by atoms with E-state index in [0.717, 1.165) is 5.56 Å². The van der Waals surface area contributed by atoms with Gasteiger partial charge in [0.15, 0.2) is 5.75 Å². The Balaban J connectivity index is 2.14. The molecule has 0 aliphatic heterocycles. The number of likely N-dealkylation sites (N-methyl/N-ethyl adjacent to an activating group) is 1. The Morgan fingerprint density at radius 3 is 2.48 bits per heavy atom. The van der Waals surface area contributed by atoms with Crippen LogP contribution in [0, 0.1) is 0 Å². The molecule has 2 aromatic carbocycles. The lowest BCUT2D eigenvalue weighted by Gasteiger charge is -2.16. The molecule has 0 heterocycles. The van der Waals surface area contributed by atoms with E-state index in [-0.39, 0.29) is 17.0 Å². The highest BCUT2D eigenvalue weighted by molar-refractivity contribution is 5.95. The predicted molar refractivity (Wildman–Crippen MR) is 86.4 cm³/mol. The lowest BCUT2D eigenvalue weighted by molar-refractivity contribution is -0.136. The van der Waals surface area contributed by atoms with Crippen LogP contribution in [-0.2, 0) is 11.2 Å². The summed E-state index contributed by atoms with van der Waals surface area (Å²) in [5.41, 5.74) is 6.57. The van der Waals surface area contributed by atoms with Gasteiger partial charge in [0, 0.05) is 0 Å². The number of carbonyl (C=O) groups excluding carboxylic acids is 1. The van der Waals surface area contributed by atoms with Crippen LogP contribution in [0.3, 0.4) is 0 Å². The van der Waals surface area contributed by atoms with E-state index >= 15 is 0 Å². The van der Waals surface area contributed by atoms with Crippen LogP contribution >= 0.6 is 0 Å². The number of hydrogen-bond donors (Lipinski definition) is 3. The number of carbonyl (C=O) groups is 2. The normalized spacial score (nSPS) is 11.7. The number of esters is 1. The third-order valence-electron chi connectivity index (χ3n) is 3.42. The van der Waals surface area contributed by atoms with Gasteiger partial charge in [0.2, 0.25) is 0 Å². The van der Waals surface area contributed by atoms with Gasteiger partial charge in [0.25, 0.3) is 0 Å². The highest BCUT2D eigenvalue weighted by Gasteiger charge is 2.21. The zero-order chi connectivity index (χ0) is 16.8. The van der Waals surface area contributed by atoms with Crippen molar-refractivity contribution in [3.63, 3.8) is 0 Å². The van der Waals surface area contributed by atoms with Crippen LogP contribution in [0.5, 0.6) is 5.75 Å². The molecule has 2 rings (SSSR count). The molecule has 6 nitrogen and oxygen atoms in total. The maximum Gasteiger partial charge on any atom is 0.337 e. The molecule has 120 valence electrons. The molecule has 0 aromatic heterocycles. The summed E-state index contributed by atoms with van der Waals surface area (Å²) >= 11 is 0. The molecule has 0 spiro atoms. The van der Waals surface area contributed by atoms with Crippen molar-refractivity contribution in [1.29, 1.82) is 0 Å². The minimum atomic E-state index is -1.17. The Morgan fingerprint density at radius 1 is 1.17 bits per heavy atom. The van der Waals surface area contributed by atoms with Crippen LogP contribution in [0.25, 0.3) is 0 Å². The number of hydrogen-bond acceptors (Lipinski definition) is 5. The maximum absolute atomic E-state index is 12.3. The van der Waals surface area contributed by atoms with Gasteiger partial charge in [-0.25, -0.2) is 9.59 Å². The number of anilines is 1. The summed E-state index contributed by atoms with van der Waals surface area (Å²) in [6.07, 6.45) is 0.453. The summed E-state index contributed by atoms with van der Waals surface area (Å²) in [5, 5.41) is 11.9. The lowest BCUT2D eigenvalue weighted by Crippen LogP contribution is -2.39. The van der Waals surface area contributed by atoms with E-state index in [0.29, 0.717) is 6.42 Å². The number of rotatable bonds is 6. The Hall–Kier alpha value is -2.86. The van der Waals surface area contributed by atoms with Gasteiger partial charge in [-0.15, -0.1) is 0 Å². The van der Waals surface area contributed by atoms with Crippen molar-refractivity contribution in [2.75, 3.05) is 12.8 Å². The van der Waals surface area contributed by atoms with Gasteiger partial charge in [0.05, 0.1) is 11.3 Å². The van der Waals surface area contributed by atoms with Gasteiger partial charge in [-0.1, -0.05) is 36.4 Å². The van der Waals surface area contributed by atoms with Crippen LogP contribution in [0.2, 0.25) is 0 Å². The number of ether oxygens (including phenoxy) is 1. The molecule has 0 aliphatic rings. The van der Waals surface area contributed by atoms with Gasteiger partial charge in [0.1, 0.15) is 6.04 Å². The van der Waals surface area contributed by atoms with Crippen LogP contribution in [0.15, 0.2) is 48.5 Å². The molecule has 1 atom stereocenters. The molecule has 6 heteroatoms. The van der Waals surface area contributed by atoms with Crippen molar-refractivity contribution in [3.05, 3.63) is 59.7 Å². The lowest BCUT2D eigenvalue weighted by atomic mass is 10.1. The topological polar surface area (TPSA) is 102 Å². The Labute approximate surface area is 133 Å². The molecular formula is C17H18N2O4. The second kappa shape index (κ2) is 7.42. The van der Waals surface area contributed by atoms with Crippen molar-refractivity contribution in [1.82, 2.24) is 5.32 Å². The van der Waals surface area contributed by atoms with Gasteiger partial charge >= 0.3 is 11.9 Å². The molecule has 0 saturated carbocycles. The Bertz CT molecular complexity index is 701. The number of benzene rings is 2. The van der Waals surface area contributed by atoms with Gasteiger partial charge in [-0.2, -0.15) is 0 Å². The highest BCUT2D eigenvalue weighted by Crippen LogP contribution is 2.25. The van der Waals surface area contributed by atoms with Crippen LogP contribution in [-0.4, -0.2) is 30.1 Å². The number of nitrogens with one attached hydrogen (secondary N) is 1. The molecule has 0 saturated heterocycles. The second-order valence-corrected chi connectivity index (χ2v) is 4.97. The summed E-state index contributed by atoms with van der Waals surface area (Å²) in [7, 11) is 1.66. The quantitative estimate of drug-likeness (QED) is 0.426. The van der Waals surface area contributed by atoms with Gasteiger partial charge < -0.3 is 20.9 Å². The largest absolute Gasteiger partial charge is 0.478 e. The highest BCUT2D eigenvalue weighted by atomic mass is 16.5. The van der Waals surface area contributed by atoms with Crippen molar-refractivity contribution >= 4 is 17.6 Å². The molecule has 0 radical (unpaired) electrons. The zero-order valence-electron chi connectivity index (χ0n) is 12.7. The average molecular weight is 314 g/mol. The molecule has 2 aromatic rings. The molecule has 0 fully saturated rings. The molecular weight excluding hydrogens is 296 g/mol. The van der Waals surface area contributed by atoms with E-state index in [1.165, 1.54) is 18.2 Å². The summed E-state index contributed by atoms with van der Waals surface area (Å²) in [5.74, 6) is -1.65. The van der Waals surface area contributed by atoms with E-state index in [4.69, 9.17) is 15.6 Å². The summed E-state index contributed by atoms with van der Waals surface area (Å²) in [6, 6.07) is 13.2. The van der Waals surface area contributed by atoms with Crippen molar-refractivity contribution in [2.45, 2.75) is 12.5 Å². The molecule has 0 aliphatic carbocycles. The van der Waals surface area contributed by atoms with E-state index in [1.54, 1.807) is 7.05 Å². The first kappa shape index (κ1) is 16.5. The fourth-order valence-electron chi connectivity index (χ4n) is 2.15. The summed E-state index contributed by atoms with van der Waals surface area (Å²) in [4.78, 5) is 23.4. The predicted octanol–water partition coefficient (Wildman–Crippen LogP) is 1.70. The van der Waals surface area contributed by atoms with Gasteiger partial charge in [-0.3, -0.25) is 0 Å². The smallest absolute Gasteiger partial charge is 0.337 e. The molecule has 0 amide bonds. The minimum Gasteiger partial charge on any atom is -0.478 e. The third kappa shape index (κ3) is 4.08. The van der Waals surface area contributed by atoms with Crippen molar-refractivity contribution < 1.29 is 19.4 Å². The SMILES string of the molecule is CNC(Cc1ccccc1)C(=O)Oc1cccc(C(=O)O)c1N. The number of aromatic carboxylic acids is 1. The van der Waals surface area contributed by atoms with E-state index in [2.05, 4.69) is 5.32 Å². The van der Waals surface area contributed by atoms with Crippen molar-refractivity contribution in [2.24, 2.45) is 0 Å². The second-order valence-electron chi connectivity index (χ2n) is 4.97. The summed E-state index contributed by atoms with van der Waals surface area (Å²) in [6.45, 7) is 0. The van der Waals surface area contributed by atoms with Crippen LogP contribution < -0.4 is 15.8 Å². The van der Waals surface area contributed by atoms with E-state index < -0.39 is 18.0 Å². The average Bonchev–Trinajstić information content (AvgIpc) is 2.55. The molecule has 1 unspecified atom stereocenters. The molecule has 4 N–H and O–H groups in total. The van der Waals surface area contributed by atoms with Gasteiger partial charge in [-0.05, 0) is 31.2 Å². The van der Waals surface area contributed by atoms with Crippen LogP contribution in [0.1, 0.15) is 15.9 Å². The number of carboxylic acids is 1.